The van der Waals surface area contributed by atoms with Crippen molar-refractivity contribution in [2.24, 2.45) is 11.3 Å². The quantitative estimate of drug-likeness (QED) is 0.894. The van der Waals surface area contributed by atoms with E-state index in [1.165, 1.54) is 16.4 Å². The molecule has 1 saturated heterocycles. The summed E-state index contributed by atoms with van der Waals surface area (Å²) in [5.74, 6) is -0.576. The number of nitrogens with one attached hydrogen (secondary N) is 1. The Hall–Kier alpha value is -1.47. The average molecular weight is 340 g/mol. The minimum atomic E-state index is -3.20. The molecule has 1 aromatic rings. The number of anilines is 1. The summed E-state index contributed by atoms with van der Waals surface area (Å²) in [5.41, 5.74) is 0.212. The fourth-order valence-electron chi connectivity index (χ4n) is 3.45. The Labute approximate surface area is 135 Å². The Bertz CT molecular complexity index is 722. The van der Waals surface area contributed by atoms with E-state index < -0.39 is 15.8 Å². The Balaban J connectivity index is 1.62. The molecule has 1 spiro atoms. The summed E-state index contributed by atoms with van der Waals surface area (Å²) in [4.78, 5) is 12.3. The minimum Gasteiger partial charge on any atom is -0.326 e. The molecular weight excluding hydrogens is 319 g/mol. The first-order valence-electron chi connectivity index (χ1n) is 7.90. The van der Waals surface area contributed by atoms with E-state index in [9.17, 15) is 17.6 Å². The number of nitrogens with zero attached hydrogens (tertiary/aromatic N) is 1. The molecule has 2 aliphatic rings. The van der Waals surface area contributed by atoms with Crippen LogP contribution in [0.2, 0.25) is 0 Å². The van der Waals surface area contributed by atoms with Gasteiger partial charge in [0.05, 0.1) is 5.75 Å². The van der Waals surface area contributed by atoms with Crippen molar-refractivity contribution in [3.63, 3.8) is 0 Å². The van der Waals surface area contributed by atoms with Crippen LogP contribution in [-0.2, 0) is 14.8 Å². The fourth-order valence-corrected chi connectivity index (χ4v) is 5.04. The highest BCUT2D eigenvalue weighted by atomic mass is 32.2. The number of benzene rings is 1. The van der Waals surface area contributed by atoms with E-state index in [1.54, 1.807) is 12.1 Å². The standard InChI is InChI=1S/C16H21FN2O3S/c1-2-8-23(21,22)19-7-6-16(11-19)10-14(16)15(20)18-13-5-3-4-12(17)9-13/h3-5,9,14H,2,6-8,10-11H2,1H3,(H,18,20). The Morgan fingerprint density at radius 3 is 2.96 bits per heavy atom. The first kappa shape index (κ1) is 16.4. The van der Waals surface area contributed by atoms with Gasteiger partial charge in [0.1, 0.15) is 5.82 Å². The molecule has 2 unspecified atom stereocenters. The van der Waals surface area contributed by atoms with Crippen molar-refractivity contribution in [2.45, 2.75) is 26.2 Å². The van der Waals surface area contributed by atoms with E-state index >= 15 is 0 Å². The molecule has 1 N–H and O–H groups in total. The van der Waals surface area contributed by atoms with Gasteiger partial charge in [-0.05, 0) is 42.9 Å². The predicted molar refractivity (Wildman–Crippen MR) is 85.8 cm³/mol. The Kier molecular flexibility index (Phi) is 4.18. The third-order valence-corrected chi connectivity index (χ3v) is 6.83. The van der Waals surface area contributed by atoms with Gasteiger partial charge in [-0.3, -0.25) is 4.79 Å². The molecule has 1 aliphatic carbocycles. The normalized spacial score (nSPS) is 27.3. The van der Waals surface area contributed by atoms with Crippen LogP contribution in [0, 0.1) is 17.2 Å². The number of hydrogen-bond donors (Lipinski definition) is 1. The molecular formula is C16H21FN2O3S. The maximum absolute atomic E-state index is 13.2. The molecule has 2 atom stereocenters. The van der Waals surface area contributed by atoms with Crippen LogP contribution in [0.15, 0.2) is 24.3 Å². The van der Waals surface area contributed by atoms with Crippen molar-refractivity contribution < 1.29 is 17.6 Å². The first-order valence-corrected chi connectivity index (χ1v) is 9.51. The molecule has 7 heteroatoms. The van der Waals surface area contributed by atoms with Crippen LogP contribution < -0.4 is 5.32 Å². The van der Waals surface area contributed by atoms with E-state index in [2.05, 4.69) is 5.32 Å². The van der Waals surface area contributed by atoms with E-state index in [0.29, 0.717) is 31.6 Å². The van der Waals surface area contributed by atoms with Crippen LogP contribution in [0.1, 0.15) is 26.2 Å². The van der Waals surface area contributed by atoms with Gasteiger partial charge in [0, 0.05) is 24.7 Å². The number of carbonyl (C=O) groups is 1. The fraction of sp³-hybridized carbons (Fsp3) is 0.562. The number of carbonyl (C=O) groups excluding carboxylic acids is 1. The van der Waals surface area contributed by atoms with E-state index in [1.807, 2.05) is 6.92 Å². The second kappa shape index (κ2) is 5.87. The summed E-state index contributed by atoms with van der Waals surface area (Å²) in [6.07, 6.45) is 2.01. The van der Waals surface area contributed by atoms with Gasteiger partial charge in [-0.25, -0.2) is 17.1 Å². The Morgan fingerprint density at radius 2 is 2.26 bits per heavy atom. The summed E-state index contributed by atoms with van der Waals surface area (Å²) in [5, 5.41) is 2.73. The molecule has 1 aliphatic heterocycles. The van der Waals surface area contributed by atoms with Gasteiger partial charge in [0.2, 0.25) is 15.9 Å². The molecule has 1 aromatic carbocycles. The summed E-state index contributed by atoms with van der Waals surface area (Å²) < 4.78 is 39.0. The largest absolute Gasteiger partial charge is 0.326 e. The van der Waals surface area contributed by atoms with Gasteiger partial charge in [0.15, 0.2) is 0 Å². The minimum absolute atomic E-state index is 0.148. The zero-order valence-electron chi connectivity index (χ0n) is 13.1. The molecule has 126 valence electrons. The van der Waals surface area contributed by atoms with E-state index in [0.717, 1.165) is 6.42 Å². The van der Waals surface area contributed by atoms with Gasteiger partial charge in [-0.1, -0.05) is 13.0 Å². The highest BCUT2D eigenvalue weighted by molar-refractivity contribution is 7.89. The molecule has 0 bridgehead atoms. The summed E-state index contributed by atoms with van der Waals surface area (Å²) in [6.45, 7) is 2.76. The highest BCUT2D eigenvalue weighted by Crippen LogP contribution is 2.59. The SMILES string of the molecule is CCCS(=O)(=O)N1CCC2(CC2C(=O)Nc2cccc(F)c2)C1. The lowest BCUT2D eigenvalue weighted by Crippen LogP contribution is -2.31. The van der Waals surface area contributed by atoms with Gasteiger partial charge >= 0.3 is 0 Å². The van der Waals surface area contributed by atoms with Crippen molar-refractivity contribution in [3.05, 3.63) is 30.1 Å². The smallest absolute Gasteiger partial charge is 0.228 e. The van der Waals surface area contributed by atoms with Crippen molar-refractivity contribution in [3.8, 4) is 0 Å². The zero-order valence-corrected chi connectivity index (χ0v) is 13.9. The lowest BCUT2D eigenvalue weighted by atomic mass is 10.0. The molecule has 2 fully saturated rings. The molecule has 0 aromatic heterocycles. The van der Waals surface area contributed by atoms with E-state index in [4.69, 9.17) is 0 Å². The number of amides is 1. The van der Waals surface area contributed by atoms with Crippen LogP contribution >= 0.6 is 0 Å². The third kappa shape index (κ3) is 3.26. The molecule has 5 nitrogen and oxygen atoms in total. The van der Waals surface area contributed by atoms with Crippen molar-refractivity contribution in [1.29, 1.82) is 0 Å². The lowest BCUT2D eigenvalue weighted by molar-refractivity contribution is -0.118. The molecule has 23 heavy (non-hydrogen) atoms. The van der Waals surface area contributed by atoms with Crippen LogP contribution in [0.5, 0.6) is 0 Å². The Morgan fingerprint density at radius 1 is 1.48 bits per heavy atom. The average Bonchev–Trinajstić information content (AvgIpc) is 2.98. The van der Waals surface area contributed by atoms with Gasteiger partial charge in [0.25, 0.3) is 0 Å². The maximum Gasteiger partial charge on any atom is 0.228 e. The molecule has 1 saturated carbocycles. The van der Waals surface area contributed by atoms with Crippen LogP contribution in [-0.4, -0.2) is 37.5 Å². The number of hydrogen-bond acceptors (Lipinski definition) is 3. The first-order chi connectivity index (χ1) is 10.9. The topological polar surface area (TPSA) is 66.5 Å². The van der Waals surface area contributed by atoms with Crippen LogP contribution in [0.25, 0.3) is 0 Å². The number of halogens is 1. The third-order valence-electron chi connectivity index (χ3n) is 4.80. The maximum atomic E-state index is 13.2. The lowest BCUT2D eigenvalue weighted by Gasteiger charge is -2.16. The molecule has 3 rings (SSSR count). The van der Waals surface area contributed by atoms with Gasteiger partial charge < -0.3 is 5.32 Å². The summed E-state index contributed by atoms with van der Waals surface area (Å²) >= 11 is 0. The van der Waals surface area contributed by atoms with Crippen LogP contribution in [0.4, 0.5) is 10.1 Å². The summed E-state index contributed by atoms with van der Waals surface area (Å²) in [7, 11) is -3.20. The van der Waals surface area contributed by atoms with Crippen LogP contribution in [0.3, 0.4) is 0 Å². The van der Waals surface area contributed by atoms with Crippen molar-refractivity contribution in [1.82, 2.24) is 4.31 Å². The number of rotatable bonds is 5. The second-order valence-electron chi connectivity index (χ2n) is 6.52. The molecule has 1 amide bonds. The molecule has 1 heterocycles. The predicted octanol–water partition coefficient (Wildman–Crippen LogP) is 2.22. The second-order valence-corrected chi connectivity index (χ2v) is 8.61. The summed E-state index contributed by atoms with van der Waals surface area (Å²) in [6, 6.07) is 5.78. The number of sulfonamides is 1. The van der Waals surface area contributed by atoms with Crippen molar-refractivity contribution >= 4 is 21.6 Å². The van der Waals surface area contributed by atoms with Gasteiger partial charge in [-0.15, -0.1) is 0 Å². The van der Waals surface area contributed by atoms with E-state index in [-0.39, 0.29) is 23.0 Å². The zero-order chi connectivity index (χ0) is 16.7. The van der Waals surface area contributed by atoms with Crippen molar-refractivity contribution in [2.75, 3.05) is 24.2 Å². The molecule has 0 radical (unpaired) electrons. The highest BCUT2D eigenvalue weighted by Gasteiger charge is 2.61. The monoisotopic (exact) mass is 340 g/mol. The van der Waals surface area contributed by atoms with Gasteiger partial charge in [-0.2, -0.15) is 0 Å².